The van der Waals surface area contributed by atoms with E-state index in [0.717, 1.165) is 6.42 Å². The van der Waals surface area contributed by atoms with E-state index >= 15 is 0 Å². The number of ether oxygens (including phenoxy) is 1. The molecule has 0 aromatic carbocycles. The van der Waals surface area contributed by atoms with E-state index in [1.807, 2.05) is 0 Å². The van der Waals surface area contributed by atoms with Crippen LogP contribution in [0.4, 0.5) is 0 Å². The van der Waals surface area contributed by atoms with E-state index in [1.165, 1.54) is 26.4 Å². The number of hydrogen-bond acceptors (Lipinski definition) is 2. The quantitative estimate of drug-likeness (QED) is 0.630. The molecule has 3 unspecified atom stereocenters. The van der Waals surface area contributed by atoms with Gasteiger partial charge in [0, 0.05) is 0 Å². The lowest BCUT2D eigenvalue weighted by Gasteiger charge is -2.15. The summed E-state index contributed by atoms with van der Waals surface area (Å²) >= 11 is 0. The van der Waals surface area contributed by atoms with Crippen molar-refractivity contribution in [3.05, 3.63) is 0 Å². The predicted octanol–water partition coefficient (Wildman–Crippen LogP) is 2.62. The Labute approximate surface area is 80.7 Å². The summed E-state index contributed by atoms with van der Waals surface area (Å²) < 4.78 is 4.82. The summed E-state index contributed by atoms with van der Waals surface area (Å²) in [6.45, 7) is 4.41. The highest BCUT2D eigenvalue weighted by Crippen LogP contribution is 2.39. The van der Waals surface area contributed by atoms with Crippen molar-refractivity contribution in [1.29, 1.82) is 0 Å². The zero-order valence-electron chi connectivity index (χ0n) is 8.88. The fourth-order valence-corrected chi connectivity index (χ4v) is 2.53. The SMILES string of the molecule is CCCC1CC(C)CC1C(=O)OC. The van der Waals surface area contributed by atoms with Crippen LogP contribution in [0, 0.1) is 17.8 Å². The van der Waals surface area contributed by atoms with Gasteiger partial charge >= 0.3 is 5.97 Å². The van der Waals surface area contributed by atoms with Gasteiger partial charge < -0.3 is 4.74 Å². The Balaban J connectivity index is 2.55. The highest BCUT2D eigenvalue weighted by Gasteiger charge is 2.36. The number of esters is 1. The third-order valence-corrected chi connectivity index (χ3v) is 3.09. The Morgan fingerprint density at radius 3 is 2.69 bits per heavy atom. The molecule has 1 aliphatic rings. The molecule has 1 saturated carbocycles. The number of rotatable bonds is 3. The maximum atomic E-state index is 11.4. The van der Waals surface area contributed by atoms with E-state index in [0.29, 0.717) is 11.8 Å². The van der Waals surface area contributed by atoms with Crippen molar-refractivity contribution in [2.45, 2.75) is 39.5 Å². The first kappa shape index (κ1) is 10.6. The zero-order chi connectivity index (χ0) is 9.84. The summed E-state index contributed by atoms with van der Waals surface area (Å²) in [6.07, 6.45) is 4.57. The van der Waals surface area contributed by atoms with Gasteiger partial charge in [-0.25, -0.2) is 0 Å². The van der Waals surface area contributed by atoms with Gasteiger partial charge in [-0.15, -0.1) is 0 Å². The fraction of sp³-hybridized carbons (Fsp3) is 0.909. The molecule has 0 bridgehead atoms. The number of methoxy groups -OCH3 is 1. The van der Waals surface area contributed by atoms with E-state index < -0.39 is 0 Å². The van der Waals surface area contributed by atoms with Gasteiger partial charge in [-0.2, -0.15) is 0 Å². The van der Waals surface area contributed by atoms with Crippen molar-refractivity contribution in [3.63, 3.8) is 0 Å². The molecule has 76 valence electrons. The molecule has 0 saturated heterocycles. The molecule has 0 aromatic heterocycles. The lowest BCUT2D eigenvalue weighted by atomic mass is 9.92. The van der Waals surface area contributed by atoms with Crippen molar-refractivity contribution in [2.24, 2.45) is 17.8 Å². The van der Waals surface area contributed by atoms with Crippen molar-refractivity contribution in [2.75, 3.05) is 7.11 Å². The molecule has 0 amide bonds. The van der Waals surface area contributed by atoms with Crippen LogP contribution in [0.25, 0.3) is 0 Å². The fourth-order valence-electron chi connectivity index (χ4n) is 2.53. The average molecular weight is 184 g/mol. The smallest absolute Gasteiger partial charge is 0.308 e. The minimum atomic E-state index is 0.00259. The molecular weight excluding hydrogens is 164 g/mol. The molecule has 2 nitrogen and oxygen atoms in total. The highest BCUT2D eigenvalue weighted by molar-refractivity contribution is 5.73. The van der Waals surface area contributed by atoms with E-state index in [1.54, 1.807) is 0 Å². The van der Waals surface area contributed by atoms with Gasteiger partial charge in [0.05, 0.1) is 13.0 Å². The molecule has 2 heteroatoms. The van der Waals surface area contributed by atoms with Gasteiger partial charge in [-0.3, -0.25) is 4.79 Å². The predicted molar refractivity (Wildman–Crippen MR) is 52.3 cm³/mol. The minimum absolute atomic E-state index is 0.00259. The summed E-state index contributed by atoms with van der Waals surface area (Å²) in [6, 6.07) is 0. The summed E-state index contributed by atoms with van der Waals surface area (Å²) in [4.78, 5) is 11.4. The topological polar surface area (TPSA) is 26.3 Å². The standard InChI is InChI=1S/C11H20O2/c1-4-5-9-6-8(2)7-10(9)11(12)13-3/h8-10H,4-7H2,1-3H3. The minimum Gasteiger partial charge on any atom is -0.469 e. The van der Waals surface area contributed by atoms with Crippen LogP contribution < -0.4 is 0 Å². The van der Waals surface area contributed by atoms with E-state index in [-0.39, 0.29) is 11.9 Å². The molecule has 1 fully saturated rings. The van der Waals surface area contributed by atoms with Gasteiger partial charge in [-0.05, 0) is 31.1 Å². The average Bonchev–Trinajstić information content (AvgIpc) is 2.46. The van der Waals surface area contributed by atoms with Crippen molar-refractivity contribution in [1.82, 2.24) is 0 Å². The van der Waals surface area contributed by atoms with Gasteiger partial charge in [0.2, 0.25) is 0 Å². The first-order valence-electron chi connectivity index (χ1n) is 5.26. The van der Waals surface area contributed by atoms with E-state index in [4.69, 9.17) is 4.74 Å². The van der Waals surface area contributed by atoms with Crippen LogP contribution in [-0.4, -0.2) is 13.1 Å². The maximum absolute atomic E-state index is 11.4. The molecule has 0 aromatic rings. The van der Waals surface area contributed by atoms with Crippen molar-refractivity contribution >= 4 is 5.97 Å². The van der Waals surface area contributed by atoms with Crippen LogP contribution in [0.3, 0.4) is 0 Å². The Morgan fingerprint density at radius 1 is 1.46 bits per heavy atom. The number of carbonyl (C=O) groups excluding carboxylic acids is 1. The first-order chi connectivity index (χ1) is 6.19. The molecule has 0 radical (unpaired) electrons. The molecular formula is C11H20O2. The Hall–Kier alpha value is -0.530. The number of hydrogen-bond donors (Lipinski definition) is 0. The lowest BCUT2D eigenvalue weighted by molar-refractivity contribution is -0.146. The molecule has 13 heavy (non-hydrogen) atoms. The second-order valence-corrected chi connectivity index (χ2v) is 4.25. The molecule has 3 atom stereocenters. The summed E-state index contributed by atoms with van der Waals surface area (Å²) in [5, 5.41) is 0. The van der Waals surface area contributed by atoms with Gasteiger partial charge in [0.25, 0.3) is 0 Å². The van der Waals surface area contributed by atoms with Crippen LogP contribution >= 0.6 is 0 Å². The second-order valence-electron chi connectivity index (χ2n) is 4.25. The van der Waals surface area contributed by atoms with E-state index in [9.17, 15) is 4.79 Å². The third kappa shape index (κ3) is 2.45. The molecule has 0 spiro atoms. The second kappa shape index (κ2) is 4.64. The Kier molecular flexibility index (Phi) is 3.76. The number of carbonyl (C=O) groups is 1. The zero-order valence-corrected chi connectivity index (χ0v) is 8.88. The summed E-state index contributed by atoms with van der Waals surface area (Å²) in [7, 11) is 1.49. The van der Waals surface area contributed by atoms with Crippen LogP contribution in [0.2, 0.25) is 0 Å². The monoisotopic (exact) mass is 184 g/mol. The third-order valence-electron chi connectivity index (χ3n) is 3.09. The Morgan fingerprint density at radius 2 is 2.15 bits per heavy atom. The maximum Gasteiger partial charge on any atom is 0.308 e. The highest BCUT2D eigenvalue weighted by atomic mass is 16.5. The van der Waals surface area contributed by atoms with Gasteiger partial charge in [0.15, 0.2) is 0 Å². The molecule has 1 rings (SSSR count). The largest absolute Gasteiger partial charge is 0.469 e. The van der Waals surface area contributed by atoms with Gasteiger partial charge in [-0.1, -0.05) is 20.3 Å². The van der Waals surface area contributed by atoms with Crippen molar-refractivity contribution in [3.8, 4) is 0 Å². The van der Waals surface area contributed by atoms with Crippen LogP contribution in [0.1, 0.15) is 39.5 Å². The lowest BCUT2D eigenvalue weighted by Crippen LogP contribution is -2.20. The molecule has 0 aliphatic heterocycles. The van der Waals surface area contributed by atoms with E-state index in [2.05, 4.69) is 13.8 Å². The van der Waals surface area contributed by atoms with Gasteiger partial charge in [0.1, 0.15) is 0 Å². The van der Waals surface area contributed by atoms with Crippen LogP contribution in [0.5, 0.6) is 0 Å². The summed E-state index contributed by atoms with van der Waals surface area (Å²) in [5.74, 6) is 1.45. The van der Waals surface area contributed by atoms with Crippen LogP contribution in [0.15, 0.2) is 0 Å². The first-order valence-corrected chi connectivity index (χ1v) is 5.26. The molecule has 0 N–H and O–H groups in total. The molecule has 1 aliphatic carbocycles. The van der Waals surface area contributed by atoms with Crippen molar-refractivity contribution < 1.29 is 9.53 Å². The Bertz CT molecular complexity index is 177. The normalized spacial score (nSPS) is 33.3. The summed E-state index contributed by atoms with van der Waals surface area (Å²) in [5.41, 5.74) is 0. The molecule has 0 heterocycles. The van der Waals surface area contributed by atoms with Crippen LogP contribution in [-0.2, 0) is 9.53 Å².